The van der Waals surface area contributed by atoms with E-state index in [1.54, 1.807) is 0 Å². The number of benzene rings is 6. The number of aryl methyl sites for hydroxylation is 2. The first-order chi connectivity index (χ1) is 35.5. The molecule has 75 heavy (non-hydrogen) atoms. The number of pyridine rings is 1. The molecule has 0 atom stereocenters. The summed E-state index contributed by atoms with van der Waals surface area (Å²) in [6.07, 6.45) is 15.5. The number of aliphatic hydroxyl groups excluding tert-OH is 1. The van der Waals surface area contributed by atoms with Gasteiger partial charge in [-0.1, -0.05) is 196 Å². The minimum atomic E-state index is 0. The SMILES string of the molecule is CC(=[OH+])/C=C(/C)O.CCCCCCc1cc(CCCCCC)cc(-n2c3ccccc3c3c[c-]c(-c4ncc(-c5nc(-c6ccc(C(C)(C)C)cc6)nc(-c6ccc(C(C)(C)C)cc6)n5)c5ccccc45)cc32)c1.[Ir]. The molecule has 0 amide bonds. The second-order valence-electron chi connectivity index (χ2n) is 22.1. The number of aliphatic hydroxyl groups is 1. The average Bonchev–Trinajstić information content (AvgIpc) is 3.71. The normalized spacial score (nSPS) is 11.9. The van der Waals surface area contributed by atoms with Crippen LogP contribution in [0.2, 0.25) is 0 Å². The molecule has 8 heteroatoms. The van der Waals surface area contributed by atoms with Crippen LogP contribution in [-0.2, 0) is 43.8 Å². The molecule has 3 aromatic heterocycles. The zero-order valence-electron chi connectivity index (χ0n) is 45.8. The predicted octanol–water partition coefficient (Wildman–Crippen LogP) is 17.8. The van der Waals surface area contributed by atoms with Gasteiger partial charge in [-0.15, -0.1) is 23.8 Å². The third-order valence-electron chi connectivity index (χ3n) is 13.9. The molecule has 9 aromatic rings. The summed E-state index contributed by atoms with van der Waals surface area (Å²) in [5, 5.41) is 12.9. The van der Waals surface area contributed by atoms with Gasteiger partial charge in [0.2, 0.25) is 0 Å². The van der Waals surface area contributed by atoms with Gasteiger partial charge in [0.25, 0.3) is 0 Å². The Balaban J connectivity index is 0.000000958. The Hall–Kier alpha value is -6.60. The number of carbonyl (C=O) groups excluding carboxylic acids is 1. The molecule has 0 bridgehead atoms. The van der Waals surface area contributed by atoms with Crippen molar-refractivity contribution in [2.75, 3.05) is 0 Å². The fourth-order valence-electron chi connectivity index (χ4n) is 9.88. The van der Waals surface area contributed by atoms with Gasteiger partial charge in [-0.3, -0.25) is 4.79 Å². The largest absolute Gasteiger partial charge is 0.512 e. The molecule has 7 nitrogen and oxygen atoms in total. The summed E-state index contributed by atoms with van der Waals surface area (Å²) in [6.45, 7) is 21.0. The Morgan fingerprint density at radius 3 is 1.59 bits per heavy atom. The number of rotatable bonds is 16. The van der Waals surface area contributed by atoms with Crippen molar-refractivity contribution in [1.29, 1.82) is 0 Å². The fraction of sp³-hybridized carbons (Fsp3) is 0.328. The van der Waals surface area contributed by atoms with Crippen LogP contribution in [0.1, 0.15) is 143 Å². The molecule has 0 aliphatic carbocycles. The van der Waals surface area contributed by atoms with E-state index in [-0.39, 0.29) is 42.5 Å². The Morgan fingerprint density at radius 2 is 1.09 bits per heavy atom. The molecule has 1 radical (unpaired) electrons. The first-order valence-corrected chi connectivity index (χ1v) is 26.9. The smallest absolute Gasteiger partial charge is 0.316 e. The number of hydrogen-bond donors (Lipinski definition) is 1. The number of aromatic nitrogens is 5. The second kappa shape index (κ2) is 24.8. The molecule has 0 aliphatic heterocycles. The molecular weight excluding hydrogens is 1100 g/mol. The van der Waals surface area contributed by atoms with Crippen LogP contribution >= 0.6 is 0 Å². The maximum absolute atomic E-state index is 8.40. The average molecular weight is 1170 g/mol. The van der Waals surface area contributed by atoms with Crippen molar-refractivity contribution >= 4 is 38.4 Å². The Kier molecular flexibility index (Phi) is 18.6. The van der Waals surface area contributed by atoms with E-state index < -0.39 is 0 Å². The third-order valence-corrected chi connectivity index (χ3v) is 13.9. The molecule has 2 N–H and O–H groups in total. The van der Waals surface area contributed by atoms with Gasteiger partial charge in [0.1, 0.15) is 0 Å². The number of fused-ring (bicyclic) bond motifs is 4. The summed E-state index contributed by atoms with van der Waals surface area (Å²) < 4.78 is 2.49. The topological polar surface area (TPSA) is 98.1 Å². The minimum Gasteiger partial charge on any atom is -0.512 e. The molecule has 0 spiro atoms. The molecule has 6 aromatic carbocycles. The van der Waals surface area contributed by atoms with Crippen molar-refractivity contribution in [3.63, 3.8) is 0 Å². The summed E-state index contributed by atoms with van der Waals surface area (Å²) in [7, 11) is 0. The zero-order valence-corrected chi connectivity index (χ0v) is 48.2. The van der Waals surface area contributed by atoms with Crippen LogP contribution < -0.4 is 0 Å². The van der Waals surface area contributed by atoms with Crippen LogP contribution in [0, 0.1) is 6.07 Å². The van der Waals surface area contributed by atoms with Gasteiger partial charge in [0.05, 0.1) is 18.8 Å². The molecule has 0 saturated heterocycles. The standard InChI is InChI=1S/C62H66N5.C5H8O2.Ir/c1-9-11-13-15-21-42-37-43(22-16-14-12-10-2)39-49(38-42)67-55-26-20-19-24-51(55)52-36-31-46(40-56(52)67)57-53-25-18-17-23-50(53)54(41-63-57)60-65-58(44-27-32-47(33-28-44)61(3,4)5)64-59(66-60)45-29-34-48(35-30-45)62(6,7)8;1-4(6)3-5(2)7;/h17-20,23-30,32-41H,9-16,21-22H2,1-8H3;3,6H,1-2H3;/q-1;;/p+1/b;4-3-;. The van der Waals surface area contributed by atoms with Crippen molar-refractivity contribution in [2.45, 2.75) is 144 Å². The first-order valence-electron chi connectivity index (χ1n) is 26.9. The second-order valence-corrected chi connectivity index (χ2v) is 22.1. The van der Waals surface area contributed by atoms with Crippen LogP contribution in [0.5, 0.6) is 0 Å². The Bertz CT molecular complexity index is 3320. The van der Waals surface area contributed by atoms with Crippen molar-refractivity contribution in [3.8, 4) is 51.1 Å². The van der Waals surface area contributed by atoms with Gasteiger partial charge >= 0.3 is 5.78 Å². The van der Waals surface area contributed by atoms with Crippen molar-refractivity contribution in [1.82, 2.24) is 24.5 Å². The summed E-state index contributed by atoms with van der Waals surface area (Å²) in [6, 6.07) is 50.2. The molecule has 0 fully saturated rings. The van der Waals surface area contributed by atoms with E-state index in [1.165, 1.54) is 116 Å². The number of allylic oxidation sites excluding steroid dienone is 2. The van der Waals surface area contributed by atoms with E-state index in [9.17, 15) is 0 Å². The van der Waals surface area contributed by atoms with E-state index in [0.29, 0.717) is 17.5 Å². The van der Waals surface area contributed by atoms with Crippen molar-refractivity contribution < 1.29 is 30.0 Å². The van der Waals surface area contributed by atoms with E-state index in [2.05, 4.69) is 193 Å². The van der Waals surface area contributed by atoms with Crippen LogP contribution in [0.15, 0.2) is 145 Å². The number of unbranched alkanes of at least 4 members (excludes halogenated alkanes) is 6. The van der Waals surface area contributed by atoms with Crippen molar-refractivity contribution in [3.05, 3.63) is 174 Å². The van der Waals surface area contributed by atoms with Gasteiger partial charge in [0.15, 0.2) is 17.5 Å². The first kappa shape index (κ1) is 56.1. The maximum Gasteiger partial charge on any atom is 0.316 e. The summed E-state index contributed by atoms with van der Waals surface area (Å²) >= 11 is 0. The van der Waals surface area contributed by atoms with Gasteiger partial charge in [-0.25, -0.2) is 15.0 Å². The molecule has 9 rings (SSSR count). The number of ketones is 1. The Labute approximate surface area is 459 Å². The van der Waals surface area contributed by atoms with Crippen LogP contribution in [0.25, 0.3) is 83.7 Å². The molecule has 389 valence electrons. The molecule has 3 heterocycles. The predicted molar refractivity (Wildman–Crippen MR) is 312 cm³/mol. The van der Waals surface area contributed by atoms with Crippen LogP contribution in [0.4, 0.5) is 0 Å². The molecular formula is C67H75IrN5O2. The number of hydrogen-bond acceptors (Lipinski definition) is 5. The summed E-state index contributed by atoms with van der Waals surface area (Å²) in [4.78, 5) is 29.2. The third kappa shape index (κ3) is 13.6. The summed E-state index contributed by atoms with van der Waals surface area (Å²) in [5.41, 5.74) is 13.6. The summed E-state index contributed by atoms with van der Waals surface area (Å²) in [5.74, 6) is 2.11. The van der Waals surface area contributed by atoms with Crippen LogP contribution in [0.3, 0.4) is 0 Å². The van der Waals surface area contributed by atoms with Gasteiger partial charge in [-0.2, -0.15) is 0 Å². The van der Waals surface area contributed by atoms with Gasteiger partial charge in [0, 0.05) is 54.2 Å². The van der Waals surface area contributed by atoms with Crippen molar-refractivity contribution in [2.24, 2.45) is 0 Å². The quantitative estimate of drug-likeness (QED) is 0.0342. The van der Waals surface area contributed by atoms with Crippen LogP contribution in [-0.4, -0.2) is 40.2 Å². The van der Waals surface area contributed by atoms with E-state index in [0.717, 1.165) is 57.1 Å². The monoisotopic (exact) mass is 1170 g/mol. The number of nitrogens with zero attached hydrogens (tertiary/aromatic N) is 5. The Morgan fingerprint density at radius 1 is 0.587 bits per heavy atom. The molecule has 0 unspecified atom stereocenters. The molecule has 0 saturated carbocycles. The molecule has 0 aliphatic rings. The zero-order chi connectivity index (χ0) is 52.6. The minimum absolute atomic E-state index is 0. The van der Waals surface area contributed by atoms with E-state index in [4.69, 9.17) is 29.8 Å². The van der Waals surface area contributed by atoms with E-state index in [1.807, 2.05) is 6.20 Å². The van der Waals surface area contributed by atoms with Gasteiger partial charge < -0.3 is 14.7 Å². The van der Waals surface area contributed by atoms with Gasteiger partial charge in [-0.05, 0) is 111 Å². The van der Waals surface area contributed by atoms with E-state index >= 15 is 0 Å². The maximum atomic E-state index is 8.40. The fourth-order valence-corrected chi connectivity index (χ4v) is 9.88. The number of para-hydroxylation sites is 1.